The summed E-state index contributed by atoms with van der Waals surface area (Å²) in [7, 11) is 0. The predicted octanol–water partition coefficient (Wildman–Crippen LogP) is 1.38. The molecule has 1 aliphatic rings. The van der Waals surface area contributed by atoms with Gasteiger partial charge in [0.25, 0.3) is 0 Å². The summed E-state index contributed by atoms with van der Waals surface area (Å²) in [4.78, 5) is 31.9. The zero-order chi connectivity index (χ0) is 15.4. The second-order valence-electron chi connectivity index (χ2n) is 5.10. The van der Waals surface area contributed by atoms with Crippen molar-refractivity contribution < 1.29 is 14.7 Å². The maximum Gasteiger partial charge on any atom is 0.323 e. The van der Waals surface area contributed by atoms with Gasteiger partial charge in [-0.15, -0.1) is 11.3 Å². The van der Waals surface area contributed by atoms with Gasteiger partial charge in [0.1, 0.15) is 0 Å². The number of nitrogens with one attached hydrogen (secondary N) is 1. The van der Waals surface area contributed by atoms with Crippen LogP contribution in [-0.2, 0) is 4.79 Å². The van der Waals surface area contributed by atoms with Crippen LogP contribution in [0.25, 0.3) is 0 Å². The van der Waals surface area contributed by atoms with Gasteiger partial charge in [-0.3, -0.25) is 15.0 Å². The molecule has 0 saturated carbocycles. The number of rotatable bonds is 3. The first-order valence-electron chi connectivity index (χ1n) is 6.90. The summed E-state index contributed by atoms with van der Waals surface area (Å²) in [5.41, 5.74) is 0.929. The molecule has 2 rings (SSSR count). The number of carbonyl (C=O) groups excluding carboxylic acids is 1. The Kier molecular flexibility index (Phi) is 5.13. The Morgan fingerprint density at radius 1 is 1.29 bits per heavy atom. The fourth-order valence-corrected chi connectivity index (χ4v) is 3.02. The number of carboxylic acids is 1. The molecular weight excluding hydrogens is 292 g/mol. The van der Waals surface area contributed by atoms with E-state index in [0.717, 1.165) is 17.0 Å². The Bertz CT molecular complexity index is 512. The Labute approximate surface area is 127 Å². The van der Waals surface area contributed by atoms with Crippen molar-refractivity contribution in [1.29, 1.82) is 0 Å². The normalized spacial score (nSPS) is 16.6. The molecule has 2 amide bonds. The molecular formula is C13H20N4O3S. The Morgan fingerprint density at radius 2 is 2.05 bits per heavy atom. The smallest absolute Gasteiger partial charge is 0.323 e. The first-order valence-corrected chi connectivity index (χ1v) is 7.71. The summed E-state index contributed by atoms with van der Waals surface area (Å²) in [5, 5.41) is 12.2. The molecule has 1 aromatic heterocycles. The van der Waals surface area contributed by atoms with Gasteiger partial charge in [-0.25, -0.2) is 9.78 Å². The molecule has 2 heterocycles. The number of aromatic nitrogens is 1. The number of hydrogen-bond acceptors (Lipinski definition) is 5. The number of anilines is 1. The molecule has 0 radical (unpaired) electrons. The van der Waals surface area contributed by atoms with E-state index >= 15 is 0 Å². The van der Waals surface area contributed by atoms with E-state index in [2.05, 4.69) is 10.3 Å². The summed E-state index contributed by atoms with van der Waals surface area (Å²) in [6, 6.07) is -0.166. The van der Waals surface area contributed by atoms with E-state index in [1.54, 1.807) is 4.90 Å². The van der Waals surface area contributed by atoms with Crippen LogP contribution in [0.3, 0.4) is 0 Å². The number of hydrogen-bond donors (Lipinski definition) is 2. The van der Waals surface area contributed by atoms with Gasteiger partial charge in [-0.05, 0) is 20.3 Å². The van der Waals surface area contributed by atoms with Crippen molar-refractivity contribution in [2.24, 2.45) is 0 Å². The standard InChI is InChI=1S/C13H20N4O3S/c1-9-10(2)21-12(14-9)15-13(20)17-5-3-4-16(6-7-17)8-11(18)19/h3-8H2,1-2H3,(H,18,19)(H,14,15,20). The third-order valence-corrected chi connectivity index (χ3v) is 4.47. The molecule has 116 valence electrons. The van der Waals surface area contributed by atoms with Crippen molar-refractivity contribution in [2.75, 3.05) is 38.0 Å². The van der Waals surface area contributed by atoms with Crippen molar-refractivity contribution in [1.82, 2.24) is 14.8 Å². The third kappa shape index (κ3) is 4.40. The molecule has 21 heavy (non-hydrogen) atoms. The van der Waals surface area contributed by atoms with E-state index in [0.29, 0.717) is 31.3 Å². The summed E-state index contributed by atoms with van der Waals surface area (Å²) in [5.74, 6) is -0.832. The van der Waals surface area contributed by atoms with Crippen molar-refractivity contribution in [3.8, 4) is 0 Å². The molecule has 0 spiro atoms. The highest BCUT2D eigenvalue weighted by Crippen LogP contribution is 2.21. The zero-order valence-corrected chi connectivity index (χ0v) is 13.1. The highest BCUT2D eigenvalue weighted by Gasteiger charge is 2.21. The van der Waals surface area contributed by atoms with Crippen LogP contribution in [0.15, 0.2) is 0 Å². The molecule has 1 fully saturated rings. The van der Waals surface area contributed by atoms with Crippen molar-refractivity contribution in [2.45, 2.75) is 20.3 Å². The van der Waals surface area contributed by atoms with Crippen molar-refractivity contribution in [3.63, 3.8) is 0 Å². The Balaban J connectivity index is 1.89. The van der Waals surface area contributed by atoms with Gasteiger partial charge >= 0.3 is 12.0 Å². The molecule has 1 aliphatic heterocycles. The van der Waals surface area contributed by atoms with Crippen molar-refractivity contribution in [3.05, 3.63) is 10.6 Å². The van der Waals surface area contributed by atoms with Gasteiger partial charge in [0.15, 0.2) is 5.13 Å². The lowest BCUT2D eigenvalue weighted by Crippen LogP contribution is -2.38. The van der Waals surface area contributed by atoms with E-state index in [4.69, 9.17) is 5.11 Å². The lowest BCUT2D eigenvalue weighted by molar-refractivity contribution is -0.138. The summed E-state index contributed by atoms with van der Waals surface area (Å²) < 4.78 is 0. The third-order valence-electron chi connectivity index (χ3n) is 3.48. The van der Waals surface area contributed by atoms with Crippen LogP contribution in [0.2, 0.25) is 0 Å². The van der Waals surface area contributed by atoms with Gasteiger partial charge < -0.3 is 10.0 Å². The maximum atomic E-state index is 12.2. The highest BCUT2D eigenvalue weighted by molar-refractivity contribution is 7.15. The van der Waals surface area contributed by atoms with Gasteiger partial charge in [0.2, 0.25) is 0 Å². The van der Waals surface area contributed by atoms with Crippen LogP contribution in [0.4, 0.5) is 9.93 Å². The minimum atomic E-state index is -0.832. The molecule has 1 saturated heterocycles. The fourth-order valence-electron chi connectivity index (χ4n) is 2.22. The van der Waals surface area contributed by atoms with Crippen LogP contribution in [0.5, 0.6) is 0 Å². The lowest BCUT2D eigenvalue weighted by Gasteiger charge is -2.20. The number of carbonyl (C=O) groups is 2. The highest BCUT2D eigenvalue weighted by atomic mass is 32.1. The van der Waals surface area contributed by atoms with E-state index in [9.17, 15) is 9.59 Å². The Morgan fingerprint density at radius 3 is 2.67 bits per heavy atom. The van der Waals surface area contributed by atoms with E-state index in [1.807, 2.05) is 18.7 Å². The number of thiazole rings is 1. The first kappa shape index (κ1) is 15.7. The molecule has 0 aliphatic carbocycles. The molecule has 0 unspecified atom stereocenters. The van der Waals surface area contributed by atoms with Crippen LogP contribution < -0.4 is 5.32 Å². The molecule has 0 bridgehead atoms. The van der Waals surface area contributed by atoms with E-state index in [1.165, 1.54) is 11.3 Å². The number of carboxylic acid groups (broad SMARTS) is 1. The zero-order valence-electron chi connectivity index (χ0n) is 12.3. The SMILES string of the molecule is Cc1nc(NC(=O)N2CCCN(CC(=O)O)CC2)sc1C. The maximum absolute atomic E-state index is 12.2. The molecule has 7 nitrogen and oxygen atoms in total. The van der Waals surface area contributed by atoms with E-state index < -0.39 is 5.97 Å². The minimum absolute atomic E-state index is 0.0281. The molecule has 1 aromatic rings. The van der Waals surface area contributed by atoms with Crippen LogP contribution in [0, 0.1) is 13.8 Å². The molecule has 0 atom stereocenters. The van der Waals surface area contributed by atoms with Gasteiger partial charge in [0.05, 0.1) is 12.2 Å². The molecule has 0 aromatic carbocycles. The average Bonchev–Trinajstić information content (AvgIpc) is 2.61. The lowest BCUT2D eigenvalue weighted by atomic mass is 10.4. The first-order chi connectivity index (χ1) is 9.95. The minimum Gasteiger partial charge on any atom is -0.480 e. The van der Waals surface area contributed by atoms with Crippen molar-refractivity contribution >= 4 is 28.5 Å². The summed E-state index contributed by atoms with van der Waals surface area (Å²) >= 11 is 1.46. The van der Waals surface area contributed by atoms with Crippen LogP contribution in [-0.4, -0.2) is 64.6 Å². The fraction of sp³-hybridized carbons (Fsp3) is 0.615. The van der Waals surface area contributed by atoms with Crippen LogP contribution in [0.1, 0.15) is 17.0 Å². The second kappa shape index (κ2) is 6.86. The summed E-state index contributed by atoms with van der Waals surface area (Å²) in [6.07, 6.45) is 0.774. The Hall–Kier alpha value is -1.67. The molecule has 2 N–H and O–H groups in total. The van der Waals surface area contributed by atoms with E-state index in [-0.39, 0.29) is 12.6 Å². The largest absolute Gasteiger partial charge is 0.480 e. The number of aryl methyl sites for hydroxylation is 2. The number of amides is 2. The van der Waals surface area contributed by atoms with Gasteiger partial charge in [0, 0.05) is 31.1 Å². The second-order valence-corrected chi connectivity index (χ2v) is 6.30. The average molecular weight is 312 g/mol. The summed E-state index contributed by atoms with van der Waals surface area (Å²) in [6.45, 7) is 6.35. The van der Waals surface area contributed by atoms with Gasteiger partial charge in [-0.2, -0.15) is 0 Å². The monoisotopic (exact) mass is 312 g/mol. The molecule has 8 heteroatoms. The predicted molar refractivity (Wildman–Crippen MR) is 80.9 cm³/mol. The number of nitrogens with zero attached hydrogens (tertiary/aromatic N) is 3. The topological polar surface area (TPSA) is 85.8 Å². The quantitative estimate of drug-likeness (QED) is 0.881. The number of aliphatic carboxylic acids is 1. The number of urea groups is 1. The van der Waals surface area contributed by atoms with Crippen LogP contribution >= 0.6 is 11.3 Å². The van der Waals surface area contributed by atoms with Gasteiger partial charge in [-0.1, -0.05) is 0 Å².